The predicted molar refractivity (Wildman–Crippen MR) is 61.4 cm³/mol. The third-order valence-electron chi connectivity index (χ3n) is 2.14. The molecule has 1 aromatic carbocycles. The number of phenols is 1. The summed E-state index contributed by atoms with van der Waals surface area (Å²) in [5, 5.41) is 10.0. The molecule has 82 valence electrons. The second-order valence-electron chi connectivity index (χ2n) is 3.14. The smallest absolute Gasteiger partial charge is 0.142 e. The third-order valence-corrected chi connectivity index (χ3v) is 2.44. The second kappa shape index (κ2) is 5.05. The largest absolute Gasteiger partial charge is 0.506 e. The lowest BCUT2D eigenvalue weighted by Gasteiger charge is -2.16. The van der Waals surface area contributed by atoms with Crippen LogP contribution in [0.1, 0.15) is 18.0 Å². The molecule has 4 heteroatoms. The van der Waals surface area contributed by atoms with Gasteiger partial charge in [0, 0.05) is 6.04 Å². The number of benzene rings is 1. The van der Waals surface area contributed by atoms with Gasteiger partial charge in [-0.05, 0) is 18.6 Å². The van der Waals surface area contributed by atoms with Crippen LogP contribution in [0.3, 0.4) is 0 Å². The molecule has 0 radical (unpaired) electrons. The quantitative estimate of drug-likeness (QED) is 0.778. The molecule has 3 nitrogen and oxygen atoms in total. The first-order valence-corrected chi connectivity index (χ1v) is 4.91. The molecule has 0 saturated carbocycles. The molecule has 0 aliphatic carbocycles. The Labute approximate surface area is 94.1 Å². The molecule has 0 aliphatic rings. The molecular weight excluding hydrogens is 214 g/mol. The Morgan fingerprint density at radius 1 is 1.67 bits per heavy atom. The molecule has 0 heterocycles. The van der Waals surface area contributed by atoms with Crippen molar-refractivity contribution in [2.24, 2.45) is 5.73 Å². The predicted octanol–water partition coefficient (Wildman–Crippen LogP) is 2.63. The first-order chi connectivity index (χ1) is 7.11. The topological polar surface area (TPSA) is 55.5 Å². The summed E-state index contributed by atoms with van der Waals surface area (Å²) >= 11 is 5.80. The molecule has 0 fully saturated rings. The number of halogens is 1. The van der Waals surface area contributed by atoms with Crippen molar-refractivity contribution in [2.45, 2.75) is 12.5 Å². The summed E-state index contributed by atoms with van der Waals surface area (Å²) in [5.74, 6) is 0.511. The standard InChI is InChI=1S/C11H14ClNO2/c1-3-4-8(13)10-9(15-2)6-5-7(12)11(10)14/h3,5-6,8,14H,1,4,13H2,2H3/t8-/m0/s1. The number of phenolic OH excluding ortho intramolecular Hbond substituents is 1. The van der Waals surface area contributed by atoms with Crippen LogP contribution in [0, 0.1) is 0 Å². The molecule has 1 atom stereocenters. The summed E-state index contributed by atoms with van der Waals surface area (Å²) in [4.78, 5) is 0. The Balaban J connectivity index is 3.22. The van der Waals surface area contributed by atoms with Gasteiger partial charge in [-0.15, -0.1) is 6.58 Å². The number of hydrogen-bond donors (Lipinski definition) is 2. The van der Waals surface area contributed by atoms with Crippen molar-refractivity contribution in [1.82, 2.24) is 0 Å². The van der Waals surface area contributed by atoms with E-state index in [4.69, 9.17) is 22.1 Å². The Morgan fingerprint density at radius 2 is 2.33 bits per heavy atom. The van der Waals surface area contributed by atoms with Gasteiger partial charge in [-0.1, -0.05) is 17.7 Å². The van der Waals surface area contributed by atoms with E-state index in [2.05, 4.69) is 6.58 Å². The molecule has 0 unspecified atom stereocenters. The Morgan fingerprint density at radius 3 is 2.87 bits per heavy atom. The summed E-state index contributed by atoms with van der Waals surface area (Å²) < 4.78 is 5.12. The molecule has 0 spiro atoms. The van der Waals surface area contributed by atoms with Crippen LogP contribution < -0.4 is 10.5 Å². The van der Waals surface area contributed by atoms with E-state index >= 15 is 0 Å². The highest BCUT2D eigenvalue weighted by Gasteiger charge is 2.17. The van der Waals surface area contributed by atoms with Gasteiger partial charge in [0.05, 0.1) is 17.7 Å². The van der Waals surface area contributed by atoms with Gasteiger partial charge >= 0.3 is 0 Å². The van der Waals surface area contributed by atoms with Gasteiger partial charge < -0.3 is 15.6 Å². The number of rotatable bonds is 4. The average Bonchev–Trinajstić information content (AvgIpc) is 2.22. The van der Waals surface area contributed by atoms with Crippen molar-refractivity contribution in [2.75, 3.05) is 7.11 Å². The minimum absolute atomic E-state index is 0.0228. The van der Waals surface area contributed by atoms with Crippen LogP contribution in [0.5, 0.6) is 11.5 Å². The van der Waals surface area contributed by atoms with E-state index < -0.39 is 0 Å². The van der Waals surface area contributed by atoms with Gasteiger partial charge in [0.1, 0.15) is 11.5 Å². The zero-order valence-electron chi connectivity index (χ0n) is 8.53. The van der Waals surface area contributed by atoms with Gasteiger partial charge in [0.15, 0.2) is 0 Å². The maximum atomic E-state index is 9.78. The average molecular weight is 228 g/mol. The van der Waals surface area contributed by atoms with Gasteiger partial charge in [-0.25, -0.2) is 0 Å². The molecule has 0 bridgehead atoms. The van der Waals surface area contributed by atoms with Gasteiger partial charge in [-0.2, -0.15) is 0 Å². The molecule has 0 aliphatic heterocycles. The fourth-order valence-corrected chi connectivity index (χ4v) is 1.56. The Bertz CT molecular complexity index is 366. The SMILES string of the molecule is C=CC[C@H](N)c1c(OC)ccc(Cl)c1O. The summed E-state index contributed by atoms with van der Waals surface area (Å²) in [7, 11) is 1.52. The Kier molecular flexibility index (Phi) is 4.00. The van der Waals surface area contributed by atoms with E-state index in [1.54, 1.807) is 18.2 Å². The first-order valence-electron chi connectivity index (χ1n) is 4.53. The first kappa shape index (κ1) is 11.9. The fraction of sp³-hybridized carbons (Fsp3) is 0.273. The number of nitrogens with two attached hydrogens (primary N) is 1. The van der Waals surface area contributed by atoms with Crippen LogP contribution in [0.15, 0.2) is 24.8 Å². The zero-order chi connectivity index (χ0) is 11.4. The molecule has 1 rings (SSSR count). The fourth-order valence-electron chi connectivity index (χ4n) is 1.40. The van der Waals surface area contributed by atoms with Crippen molar-refractivity contribution in [1.29, 1.82) is 0 Å². The van der Waals surface area contributed by atoms with E-state index in [0.717, 1.165) is 0 Å². The van der Waals surface area contributed by atoms with E-state index in [-0.39, 0.29) is 16.8 Å². The molecule has 0 aromatic heterocycles. The lowest BCUT2D eigenvalue weighted by Crippen LogP contribution is -2.11. The van der Waals surface area contributed by atoms with Crippen molar-refractivity contribution in [3.05, 3.63) is 35.4 Å². The maximum Gasteiger partial charge on any atom is 0.142 e. The van der Waals surface area contributed by atoms with Crippen LogP contribution in [-0.2, 0) is 0 Å². The van der Waals surface area contributed by atoms with Crippen LogP contribution in [0.25, 0.3) is 0 Å². The molecule has 3 N–H and O–H groups in total. The summed E-state index contributed by atoms with van der Waals surface area (Å²) in [5.41, 5.74) is 6.40. The number of methoxy groups -OCH3 is 1. The van der Waals surface area contributed by atoms with Gasteiger partial charge in [0.2, 0.25) is 0 Å². The molecule has 0 saturated heterocycles. The van der Waals surface area contributed by atoms with Crippen LogP contribution in [0.4, 0.5) is 0 Å². The van der Waals surface area contributed by atoms with Gasteiger partial charge in [0.25, 0.3) is 0 Å². The maximum absolute atomic E-state index is 9.78. The van der Waals surface area contributed by atoms with E-state index in [9.17, 15) is 5.11 Å². The summed E-state index contributed by atoms with van der Waals surface area (Å²) in [6.07, 6.45) is 2.23. The second-order valence-corrected chi connectivity index (χ2v) is 3.55. The van der Waals surface area contributed by atoms with Crippen molar-refractivity contribution >= 4 is 11.6 Å². The minimum atomic E-state index is -0.365. The highest BCUT2D eigenvalue weighted by atomic mass is 35.5. The molecule has 0 amide bonds. The number of aromatic hydroxyl groups is 1. The monoisotopic (exact) mass is 227 g/mol. The van der Waals surface area contributed by atoms with E-state index in [1.807, 2.05) is 0 Å². The normalized spacial score (nSPS) is 12.2. The lowest BCUT2D eigenvalue weighted by atomic mass is 10.0. The number of hydrogen-bond acceptors (Lipinski definition) is 3. The van der Waals surface area contributed by atoms with Crippen LogP contribution in [0.2, 0.25) is 5.02 Å². The highest BCUT2D eigenvalue weighted by Crippen LogP contribution is 2.38. The van der Waals surface area contributed by atoms with Crippen molar-refractivity contribution in [3.8, 4) is 11.5 Å². The van der Waals surface area contributed by atoms with Gasteiger partial charge in [-0.3, -0.25) is 0 Å². The molecule has 15 heavy (non-hydrogen) atoms. The van der Waals surface area contributed by atoms with Crippen molar-refractivity contribution in [3.63, 3.8) is 0 Å². The lowest BCUT2D eigenvalue weighted by molar-refractivity contribution is 0.393. The molecule has 1 aromatic rings. The van der Waals surface area contributed by atoms with E-state index in [0.29, 0.717) is 17.7 Å². The highest BCUT2D eigenvalue weighted by molar-refractivity contribution is 6.32. The van der Waals surface area contributed by atoms with Crippen LogP contribution >= 0.6 is 11.6 Å². The zero-order valence-corrected chi connectivity index (χ0v) is 9.29. The third kappa shape index (κ3) is 2.43. The van der Waals surface area contributed by atoms with Crippen molar-refractivity contribution < 1.29 is 9.84 Å². The minimum Gasteiger partial charge on any atom is -0.506 e. The van der Waals surface area contributed by atoms with Crippen LogP contribution in [-0.4, -0.2) is 12.2 Å². The van der Waals surface area contributed by atoms with E-state index in [1.165, 1.54) is 7.11 Å². The summed E-state index contributed by atoms with van der Waals surface area (Å²) in [6.45, 7) is 3.60. The Hall–Kier alpha value is -1.19. The number of ether oxygens (including phenoxy) is 1. The summed E-state index contributed by atoms with van der Waals surface area (Å²) in [6, 6.07) is 2.89. The molecular formula is C11H14ClNO2.